The van der Waals surface area contributed by atoms with Crippen molar-refractivity contribution in [3.63, 3.8) is 0 Å². The van der Waals surface area contributed by atoms with Gasteiger partial charge in [-0.1, -0.05) is 72.5 Å². The van der Waals surface area contributed by atoms with Gasteiger partial charge in [-0.05, 0) is 25.2 Å². The van der Waals surface area contributed by atoms with Gasteiger partial charge in [-0.15, -0.1) is 12.4 Å². The third kappa shape index (κ3) is 4.61. The van der Waals surface area contributed by atoms with Gasteiger partial charge in [-0.2, -0.15) is 0 Å². The maximum Gasteiger partial charge on any atom is 0.125 e. The van der Waals surface area contributed by atoms with Crippen molar-refractivity contribution < 1.29 is 5.11 Å². The van der Waals surface area contributed by atoms with Gasteiger partial charge in [0.1, 0.15) is 5.60 Å². The van der Waals surface area contributed by atoms with Crippen LogP contribution in [0, 0.1) is 11.8 Å². The number of benzene rings is 2. The highest BCUT2D eigenvalue weighted by Gasteiger charge is 2.30. The summed E-state index contributed by atoms with van der Waals surface area (Å²) in [6.45, 7) is 0.694. The van der Waals surface area contributed by atoms with E-state index >= 15 is 0 Å². The maximum atomic E-state index is 11.2. The lowest BCUT2D eigenvalue weighted by Gasteiger charge is -2.27. The fourth-order valence-electron chi connectivity index (χ4n) is 2.20. The van der Waals surface area contributed by atoms with Gasteiger partial charge < -0.3 is 5.11 Å². The summed E-state index contributed by atoms with van der Waals surface area (Å²) in [6.07, 6.45) is 0.384. The fraction of sp³-hybridized carbons (Fsp3) is 0.263. The van der Waals surface area contributed by atoms with Crippen LogP contribution in [0.1, 0.15) is 17.5 Å². The van der Waals surface area contributed by atoms with Crippen LogP contribution in [0.5, 0.6) is 0 Å². The van der Waals surface area contributed by atoms with Crippen LogP contribution in [-0.2, 0) is 5.60 Å². The molecule has 0 radical (unpaired) electrons. The summed E-state index contributed by atoms with van der Waals surface area (Å²) in [6, 6.07) is 19.4. The van der Waals surface area contributed by atoms with Crippen LogP contribution in [0.15, 0.2) is 60.7 Å². The standard InChI is InChI=1S/C19H21NO.ClH/c1-20(2)16-10-9-15-19(21,17-11-5-3-6-12-17)18-13-7-4-8-14-18;/h3-8,11-14,21H,15-16H2,1-2H3;1H. The van der Waals surface area contributed by atoms with Crippen molar-refractivity contribution in [2.45, 2.75) is 12.0 Å². The molecule has 2 aromatic carbocycles. The second-order valence-corrected chi connectivity index (χ2v) is 5.36. The van der Waals surface area contributed by atoms with Crippen LogP contribution < -0.4 is 0 Å². The Morgan fingerprint density at radius 2 is 1.32 bits per heavy atom. The normalized spacial score (nSPS) is 10.5. The van der Waals surface area contributed by atoms with Gasteiger partial charge in [0, 0.05) is 6.42 Å². The van der Waals surface area contributed by atoms with Crippen molar-refractivity contribution in [3.05, 3.63) is 71.8 Å². The Kier molecular flexibility index (Phi) is 7.14. The average Bonchev–Trinajstić information content (AvgIpc) is 2.53. The van der Waals surface area contributed by atoms with Crippen molar-refractivity contribution in [1.29, 1.82) is 0 Å². The minimum atomic E-state index is -1.07. The third-order valence-electron chi connectivity index (χ3n) is 3.37. The molecule has 116 valence electrons. The molecular weight excluding hydrogens is 294 g/mol. The molecule has 2 nitrogen and oxygen atoms in total. The number of nitrogens with zero attached hydrogens (tertiary/aromatic N) is 1. The van der Waals surface area contributed by atoms with Crippen LogP contribution in [-0.4, -0.2) is 30.6 Å². The number of hydrogen-bond donors (Lipinski definition) is 1. The van der Waals surface area contributed by atoms with Gasteiger partial charge in [0.15, 0.2) is 0 Å². The average molecular weight is 316 g/mol. The molecule has 0 saturated carbocycles. The van der Waals surface area contributed by atoms with E-state index in [-0.39, 0.29) is 12.4 Å². The van der Waals surface area contributed by atoms with Gasteiger partial charge in [-0.3, -0.25) is 4.90 Å². The van der Waals surface area contributed by atoms with E-state index < -0.39 is 5.60 Å². The number of halogens is 1. The Hall–Kier alpha value is -1.79. The first-order valence-electron chi connectivity index (χ1n) is 7.07. The molecule has 0 fully saturated rings. The zero-order valence-electron chi connectivity index (χ0n) is 13.0. The monoisotopic (exact) mass is 315 g/mol. The first kappa shape index (κ1) is 18.3. The molecule has 0 aliphatic heterocycles. The molecule has 0 heterocycles. The van der Waals surface area contributed by atoms with Crippen LogP contribution in [0.4, 0.5) is 0 Å². The smallest absolute Gasteiger partial charge is 0.125 e. The molecule has 2 aromatic rings. The third-order valence-corrected chi connectivity index (χ3v) is 3.37. The molecule has 0 amide bonds. The molecule has 0 bridgehead atoms. The predicted molar refractivity (Wildman–Crippen MR) is 94.1 cm³/mol. The Labute approximate surface area is 139 Å². The summed E-state index contributed by atoms with van der Waals surface area (Å²) in [5, 5.41) is 11.2. The SMILES string of the molecule is CN(C)CC#CCC(O)(c1ccccc1)c1ccccc1.Cl. The van der Waals surface area contributed by atoms with E-state index in [0.717, 1.165) is 11.1 Å². The number of rotatable bonds is 4. The molecule has 0 aromatic heterocycles. The van der Waals surface area contributed by atoms with E-state index in [4.69, 9.17) is 0 Å². The van der Waals surface area contributed by atoms with Crippen molar-refractivity contribution >= 4 is 12.4 Å². The predicted octanol–water partition coefficient (Wildman–Crippen LogP) is 3.30. The largest absolute Gasteiger partial charge is 0.379 e. The van der Waals surface area contributed by atoms with Crippen molar-refractivity contribution in [2.75, 3.05) is 20.6 Å². The highest BCUT2D eigenvalue weighted by Crippen LogP contribution is 2.32. The van der Waals surface area contributed by atoms with Crippen molar-refractivity contribution in [1.82, 2.24) is 4.90 Å². The molecule has 0 spiro atoms. The minimum absolute atomic E-state index is 0. The van der Waals surface area contributed by atoms with Gasteiger partial charge in [0.05, 0.1) is 6.54 Å². The first-order valence-corrected chi connectivity index (χ1v) is 7.07. The molecule has 0 aliphatic rings. The number of hydrogen-bond acceptors (Lipinski definition) is 2. The van der Waals surface area contributed by atoms with Crippen LogP contribution in [0.25, 0.3) is 0 Å². The second kappa shape index (κ2) is 8.60. The molecule has 2 rings (SSSR count). The van der Waals surface area contributed by atoms with Crippen LogP contribution in [0.2, 0.25) is 0 Å². The van der Waals surface area contributed by atoms with Crippen molar-refractivity contribution in [2.24, 2.45) is 0 Å². The molecule has 1 N–H and O–H groups in total. The summed E-state index contributed by atoms with van der Waals surface area (Å²) in [5.74, 6) is 6.21. The van der Waals surface area contributed by atoms with Gasteiger partial charge in [0.25, 0.3) is 0 Å². The summed E-state index contributed by atoms with van der Waals surface area (Å²) >= 11 is 0. The number of aliphatic hydroxyl groups is 1. The second-order valence-electron chi connectivity index (χ2n) is 5.36. The molecule has 0 aliphatic carbocycles. The Morgan fingerprint density at radius 1 is 0.864 bits per heavy atom. The van der Waals surface area contributed by atoms with Gasteiger partial charge in [-0.25, -0.2) is 0 Å². The summed E-state index contributed by atoms with van der Waals surface area (Å²) in [5.41, 5.74) is 0.674. The maximum absolute atomic E-state index is 11.2. The molecule has 0 atom stereocenters. The molecule has 3 heteroatoms. The topological polar surface area (TPSA) is 23.5 Å². The highest BCUT2D eigenvalue weighted by molar-refractivity contribution is 5.85. The van der Waals surface area contributed by atoms with Gasteiger partial charge in [0.2, 0.25) is 0 Å². The Morgan fingerprint density at radius 3 is 1.73 bits per heavy atom. The lowest BCUT2D eigenvalue weighted by atomic mass is 9.84. The summed E-state index contributed by atoms with van der Waals surface area (Å²) in [7, 11) is 3.96. The minimum Gasteiger partial charge on any atom is -0.379 e. The van der Waals surface area contributed by atoms with Crippen LogP contribution in [0.3, 0.4) is 0 Å². The molecule has 22 heavy (non-hydrogen) atoms. The fourth-order valence-corrected chi connectivity index (χ4v) is 2.20. The molecule has 0 unspecified atom stereocenters. The lowest BCUT2D eigenvalue weighted by molar-refractivity contribution is 0.0865. The zero-order valence-corrected chi connectivity index (χ0v) is 13.8. The first-order chi connectivity index (χ1) is 10.1. The lowest BCUT2D eigenvalue weighted by Crippen LogP contribution is -2.26. The quantitative estimate of drug-likeness (QED) is 0.875. The van der Waals surface area contributed by atoms with Crippen molar-refractivity contribution in [3.8, 4) is 11.8 Å². The molecular formula is C19H22ClNO. The Bertz CT molecular complexity index is 575. The Balaban J connectivity index is 0.00000242. The summed E-state index contributed by atoms with van der Waals surface area (Å²) < 4.78 is 0. The van der Waals surface area contributed by atoms with E-state index in [2.05, 4.69) is 11.8 Å². The van der Waals surface area contributed by atoms with E-state index in [1.807, 2.05) is 79.7 Å². The van der Waals surface area contributed by atoms with E-state index in [1.54, 1.807) is 0 Å². The van der Waals surface area contributed by atoms with E-state index in [1.165, 1.54) is 0 Å². The van der Waals surface area contributed by atoms with E-state index in [0.29, 0.717) is 13.0 Å². The molecule has 0 saturated heterocycles. The van der Waals surface area contributed by atoms with Gasteiger partial charge >= 0.3 is 0 Å². The highest BCUT2D eigenvalue weighted by atomic mass is 35.5. The zero-order chi connectivity index (χ0) is 15.1. The van der Waals surface area contributed by atoms with E-state index in [9.17, 15) is 5.11 Å². The van der Waals surface area contributed by atoms with Crippen LogP contribution >= 0.6 is 12.4 Å². The summed E-state index contributed by atoms with van der Waals surface area (Å²) in [4.78, 5) is 2.01.